The van der Waals surface area contributed by atoms with Crippen LogP contribution in [-0.4, -0.2) is 108 Å². The Bertz CT molecular complexity index is 6040. The molecule has 0 heterocycles. The van der Waals surface area contributed by atoms with Crippen LogP contribution >= 0.6 is 0 Å². The quantitative estimate of drug-likeness (QED) is 0.0159. The van der Waals surface area contributed by atoms with Gasteiger partial charge in [-0.15, -0.1) is 0 Å². The largest absolute Gasteiger partial charge is 0.520 e. The predicted octanol–water partition coefficient (Wildman–Crippen LogP) is 20.8. The molecule has 22 nitrogen and oxygen atoms in total. The first-order valence-corrected chi connectivity index (χ1v) is 42.6. The second-order valence-corrected chi connectivity index (χ2v) is 31.1. The topological polar surface area (TPSA) is 281 Å². The molecular formula is C105H102N2O20Si. The summed E-state index contributed by atoms with van der Waals surface area (Å²) in [6.45, 7) is 35.3. The highest BCUT2D eigenvalue weighted by Crippen LogP contribution is 2.34. The Morgan fingerprint density at radius 3 is 1.29 bits per heavy atom. The van der Waals surface area contributed by atoms with Crippen molar-refractivity contribution in [2.45, 2.75) is 39.8 Å². The van der Waals surface area contributed by atoms with Crippen molar-refractivity contribution < 1.29 is 95.0 Å². The molecule has 0 aliphatic rings. The third-order valence-electron chi connectivity index (χ3n) is 17.3. The second kappa shape index (κ2) is 53.7. The van der Waals surface area contributed by atoms with Crippen molar-refractivity contribution in [3.8, 4) is 51.7 Å². The van der Waals surface area contributed by atoms with Gasteiger partial charge in [0, 0.05) is 92.7 Å². The van der Waals surface area contributed by atoms with Crippen molar-refractivity contribution >= 4 is 122 Å². The van der Waals surface area contributed by atoms with Crippen LogP contribution in [0.2, 0.25) is 13.1 Å². The normalized spacial score (nSPS) is 9.96. The Morgan fingerprint density at radius 1 is 0.391 bits per heavy atom. The van der Waals surface area contributed by atoms with Crippen molar-refractivity contribution in [2.75, 3.05) is 45.9 Å². The highest BCUT2D eigenvalue weighted by molar-refractivity contribution is 6.65. The minimum atomic E-state index is -2.12. The van der Waals surface area contributed by atoms with Gasteiger partial charge in [0.25, 0.3) is 0 Å². The first-order chi connectivity index (χ1) is 61.5. The van der Waals surface area contributed by atoms with E-state index in [9.17, 15) is 48.3 Å². The molecule has 0 bridgehead atoms. The molecular weight excluding hydrogens is 1640 g/mol. The number of carbonyl (C=O) groups is 9. The SMILES string of the molecule is C=C(C)C(=O)Oc1ccccc1.C=CC(=O)NCCc1cccc2ccccc12.C=CC(=O)OCCOc1ccccc1.C=CC(=O)Oc1ccc(N(C)C)c2ccccc12.C=CC(=O)Oc1ccc2cc(CC(C)=O)ccc2c1.C=CC(=O)Oc1ccc2cc(O)ccc2c1.C=CC(=O)Oc1ccc2cc(O[Si](C)(C)OC)ccc2c1.C=CC(=O)Oc1ccccc1. The lowest BCUT2D eigenvalue weighted by atomic mass is 10.0. The lowest BCUT2D eigenvalue weighted by molar-refractivity contribution is -0.138. The summed E-state index contributed by atoms with van der Waals surface area (Å²) in [6.07, 6.45) is 9.36. The van der Waals surface area contributed by atoms with Gasteiger partial charge in [0.2, 0.25) is 5.91 Å². The van der Waals surface area contributed by atoms with Gasteiger partial charge in [-0.2, -0.15) is 0 Å². The Kier molecular flexibility index (Phi) is 42.3. The van der Waals surface area contributed by atoms with Gasteiger partial charge in [0.05, 0.1) is 0 Å². The molecule has 13 aromatic carbocycles. The highest BCUT2D eigenvalue weighted by atomic mass is 28.4. The van der Waals surface area contributed by atoms with Gasteiger partial charge in [-0.25, -0.2) is 33.6 Å². The maximum absolute atomic E-state index is 11.3. The molecule has 0 spiro atoms. The summed E-state index contributed by atoms with van der Waals surface area (Å²) in [5.41, 5.74) is 3.73. The highest BCUT2D eigenvalue weighted by Gasteiger charge is 2.25. The lowest BCUT2D eigenvalue weighted by Gasteiger charge is -2.21. The van der Waals surface area contributed by atoms with E-state index in [0.717, 1.165) is 109 Å². The van der Waals surface area contributed by atoms with Crippen LogP contribution in [0.5, 0.6) is 51.7 Å². The zero-order valence-electron chi connectivity index (χ0n) is 72.4. The predicted molar refractivity (Wildman–Crippen MR) is 508 cm³/mol. The van der Waals surface area contributed by atoms with Crippen molar-refractivity contribution in [2.24, 2.45) is 0 Å². The summed E-state index contributed by atoms with van der Waals surface area (Å²) in [5, 5.41) is 22.3. The van der Waals surface area contributed by atoms with Crippen LogP contribution in [0.1, 0.15) is 25.0 Å². The van der Waals surface area contributed by atoms with Gasteiger partial charge in [-0.3, -0.25) is 9.59 Å². The van der Waals surface area contributed by atoms with Crippen molar-refractivity contribution in [3.05, 3.63) is 391 Å². The van der Waals surface area contributed by atoms with Crippen LogP contribution < -0.4 is 47.8 Å². The number of anilines is 1. The minimum absolute atomic E-state index is 0.120. The first-order valence-electron chi connectivity index (χ1n) is 39.8. The molecule has 13 rings (SSSR count). The van der Waals surface area contributed by atoms with E-state index in [0.29, 0.717) is 59.6 Å². The monoisotopic (exact) mass is 1740 g/mol. The molecule has 0 unspecified atom stereocenters. The van der Waals surface area contributed by atoms with Gasteiger partial charge in [-0.1, -0.05) is 222 Å². The van der Waals surface area contributed by atoms with Crippen LogP contribution in [0, 0.1) is 0 Å². The number of ether oxygens (including phenoxy) is 8. The average Bonchev–Trinajstić information content (AvgIpc) is 0.791. The maximum Gasteiger partial charge on any atom is 0.392 e. The van der Waals surface area contributed by atoms with E-state index in [4.69, 9.17) is 46.7 Å². The molecule has 0 saturated carbocycles. The number of rotatable bonds is 27. The van der Waals surface area contributed by atoms with E-state index in [1.165, 1.54) is 22.4 Å². The van der Waals surface area contributed by atoms with E-state index in [2.05, 4.69) is 82.2 Å². The molecule has 0 radical (unpaired) electrons. The van der Waals surface area contributed by atoms with Crippen LogP contribution in [0.3, 0.4) is 0 Å². The molecule has 656 valence electrons. The van der Waals surface area contributed by atoms with Crippen molar-refractivity contribution in [1.29, 1.82) is 0 Å². The van der Waals surface area contributed by atoms with Gasteiger partial charge >= 0.3 is 50.3 Å². The Labute approximate surface area is 746 Å². The fourth-order valence-electron chi connectivity index (χ4n) is 11.1. The standard InChI is InChI=1S/C16H18O4Si.C16H14O3.C15H15NO2.C15H15NO.C13H10O3.C11H12O3.C10H10O2.C9H8O2/c1-5-16(17)19-14-8-6-13-11-15(9-7-12(13)10-14)20-21(3,4)18-2;1-3-16(18)19-15-7-6-13-9-12(8-11(2)17)4-5-14(13)10-15;1-4-15(17)18-14-10-9-13(16(2)3)11-7-5-6-8-12(11)14;1-2-15(17)16-11-10-13-8-5-7-12-6-3-4-9-14(12)13;1-2-13(15)16-12-6-4-9-7-11(14)5-3-10(9)8-12;1-2-11(12)14-9-8-13-10-6-4-3-5-7-10;1-8(2)10(11)12-9-6-4-3-5-7-9;1-2-9(10)11-8-6-4-3-5-7-8/h5-11H,1H2,2-4H3;3-7,9-10H,1,8H2,2H3;4-10H,1H2,2-3H3;2-9H,1,10-11H2,(H,16,17);2-8,14H,1H2;2-7H,1,8-9H2;3-7H,1H2,2H3;2-7H,1H2. The summed E-state index contributed by atoms with van der Waals surface area (Å²) in [5.74, 6) is 1.71. The molecule has 0 aliphatic carbocycles. The number of hydrogen-bond acceptors (Lipinski definition) is 21. The summed E-state index contributed by atoms with van der Waals surface area (Å²) < 4.78 is 51.4. The molecule has 1 amide bonds. The van der Waals surface area contributed by atoms with E-state index >= 15 is 0 Å². The average molecular weight is 1740 g/mol. The van der Waals surface area contributed by atoms with Gasteiger partial charge in [-0.05, 0) is 203 Å². The molecule has 0 aliphatic heterocycles. The number of hydrogen-bond donors (Lipinski definition) is 2. The van der Waals surface area contributed by atoms with Crippen LogP contribution in [0.15, 0.2) is 380 Å². The van der Waals surface area contributed by atoms with E-state index in [1.54, 1.807) is 136 Å². The number of fused-ring (bicyclic) bond motifs is 5. The number of Topliss-reactive ketones (excluding diaryl/α,β-unsaturated/α-hetero) is 1. The molecule has 0 fully saturated rings. The fourth-order valence-corrected chi connectivity index (χ4v) is 11.9. The number of aromatic hydroxyl groups is 1. The summed E-state index contributed by atoms with van der Waals surface area (Å²) >= 11 is 0. The summed E-state index contributed by atoms with van der Waals surface area (Å²) in [6, 6.07) is 85.8. The second-order valence-electron chi connectivity index (χ2n) is 27.7. The molecule has 128 heavy (non-hydrogen) atoms. The Balaban J connectivity index is 0.000000227. The van der Waals surface area contributed by atoms with Crippen molar-refractivity contribution in [1.82, 2.24) is 5.32 Å². The Hall–Kier alpha value is -16.1. The number of nitrogens with one attached hydrogen (secondary N) is 1. The van der Waals surface area contributed by atoms with E-state index in [1.807, 2.05) is 172 Å². The smallest absolute Gasteiger partial charge is 0.392 e. The number of para-hydroxylation sites is 3. The van der Waals surface area contributed by atoms with Gasteiger partial charge in [0.15, 0.2) is 0 Å². The zero-order valence-corrected chi connectivity index (χ0v) is 73.4. The third kappa shape index (κ3) is 36.1. The number of phenols is 1. The third-order valence-corrected chi connectivity index (χ3v) is 19.0. The van der Waals surface area contributed by atoms with Gasteiger partial charge in [0.1, 0.15) is 70.7 Å². The molecule has 0 atom stereocenters. The van der Waals surface area contributed by atoms with Crippen molar-refractivity contribution in [3.63, 3.8) is 0 Å². The van der Waals surface area contributed by atoms with Crippen LogP contribution in [-0.2, 0) is 65.2 Å². The number of amides is 1. The minimum Gasteiger partial charge on any atom is -0.520 e. The molecule has 0 aromatic heterocycles. The van der Waals surface area contributed by atoms with Crippen LogP contribution in [0.25, 0.3) is 53.9 Å². The zero-order chi connectivity index (χ0) is 93.3. The molecule has 0 saturated heterocycles. The number of phenolic OH excluding ortho intramolecular Hbond substituents is 1. The molecule has 23 heteroatoms. The first kappa shape index (κ1) is 101. The maximum atomic E-state index is 11.3. The summed E-state index contributed by atoms with van der Waals surface area (Å²) in [7, 11) is 3.50. The number of benzene rings is 13. The Morgan fingerprint density at radius 2 is 0.805 bits per heavy atom. The number of carbonyl (C=O) groups excluding carboxylic acids is 9. The lowest BCUT2D eigenvalue weighted by Crippen LogP contribution is -2.36. The summed E-state index contributed by atoms with van der Waals surface area (Å²) in [4.78, 5) is 101. The number of ketones is 1. The van der Waals surface area contributed by atoms with E-state index < -0.39 is 44.4 Å². The number of esters is 7. The van der Waals surface area contributed by atoms with Gasteiger partial charge < -0.3 is 62.1 Å². The fraction of sp³-hybridized carbons (Fsp3) is 0.114. The van der Waals surface area contributed by atoms with E-state index in [-0.39, 0.29) is 30.0 Å². The molecule has 2 N–H and O–H groups in total. The van der Waals surface area contributed by atoms with Crippen LogP contribution in [0.4, 0.5) is 5.69 Å². The molecule has 13 aromatic rings. The number of nitrogens with zero attached hydrogens (tertiary/aromatic N) is 1.